The zero-order valence-electron chi connectivity index (χ0n) is 10.3. The lowest BCUT2D eigenvalue weighted by atomic mass is 10.1. The van der Waals surface area contributed by atoms with Gasteiger partial charge in [0.2, 0.25) is 0 Å². The highest BCUT2D eigenvalue weighted by molar-refractivity contribution is 6.02. The van der Waals surface area contributed by atoms with Gasteiger partial charge in [0, 0.05) is 20.1 Å². The number of hydrogen-bond donors (Lipinski definition) is 2. The second-order valence-corrected chi connectivity index (χ2v) is 4.44. The molecule has 6 nitrogen and oxygen atoms in total. The number of anilines is 1. The molecule has 0 saturated carbocycles. The van der Waals surface area contributed by atoms with Crippen molar-refractivity contribution in [2.45, 2.75) is 26.2 Å². The first-order valence-electron chi connectivity index (χ1n) is 5.91. The van der Waals surface area contributed by atoms with Gasteiger partial charge >= 0.3 is 0 Å². The highest BCUT2D eigenvalue weighted by Gasteiger charge is 2.23. The van der Waals surface area contributed by atoms with E-state index in [-0.39, 0.29) is 5.84 Å². The summed E-state index contributed by atoms with van der Waals surface area (Å²) < 4.78 is 1.81. The fraction of sp³-hybridized carbons (Fsp3) is 0.636. The fourth-order valence-corrected chi connectivity index (χ4v) is 2.46. The molecule has 0 spiro atoms. The van der Waals surface area contributed by atoms with Crippen molar-refractivity contribution < 1.29 is 5.21 Å². The molecule has 0 aliphatic carbocycles. The van der Waals surface area contributed by atoms with Gasteiger partial charge in [0.1, 0.15) is 5.82 Å². The van der Waals surface area contributed by atoms with Crippen molar-refractivity contribution in [2.24, 2.45) is 17.9 Å². The van der Waals surface area contributed by atoms with Crippen molar-refractivity contribution in [1.29, 1.82) is 0 Å². The Hall–Kier alpha value is -1.72. The molecule has 1 aliphatic rings. The smallest absolute Gasteiger partial charge is 0.175 e. The molecule has 2 heterocycles. The summed E-state index contributed by atoms with van der Waals surface area (Å²) in [5, 5.41) is 16.3. The Morgan fingerprint density at radius 3 is 2.59 bits per heavy atom. The number of aromatic nitrogens is 2. The standard InChI is InChI=1S/C11H19N5O/c1-8-9(10(12)14-17)11(15(2)13-8)16-6-4-3-5-7-16/h17H,3-7H2,1-2H3,(H2,12,14). The maximum absolute atomic E-state index is 8.85. The number of amidine groups is 1. The van der Waals surface area contributed by atoms with E-state index in [1.54, 1.807) is 0 Å². The zero-order valence-corrected chi connectivity index (χ0v) is 10.3. The Morgan fingerprint density at radius 2 is 2.00 bits per heavy atom. The maximum Gasteiger partial charge on any atom is 0.175 e. The van der Waals surface area contributed by atoms with Gasteiger partial charge < -0.3 is 15.8 Å². The third-order valence-corrected chi connectivity index (χ3v) is 3.21. The molecule has 1 aromatic rings. The van der Waals surface area contributed by atoms with Crippen LogP contribution in [-0.4, -0.2) is 33.9 Å². The summed E-state index contributed by atoms with van der Waals surface area (Å²) >= 11 is 0. The number of hydrogen-bond acceptors (Lipinski definition) is 4. The second kappa shape index (κ2) is 4.65. The van der Waals surface area contributed by atoms with Gasteiger partial charge in [-0.1, -0.05) is 5.16 Å². The first-order valence-corrected chi connectivity index (χ1v) is 5.91. The SMILES string of the molecule is Cc1nn(C)c(N2CCCCC2)c1C(N)=NO. The molecule has 1 saturated heterocycles. The average Bonchev–Trinajstić information content (AvgIpc) is 2.64. The van der Waals surface area contributed by atoms with E-state index in [9.17, 15) is 0 Å². The van der Waals surface area contributed by atoms with Crippen molar-refractivity contribution >= 4 is 11.7 Å². The third-order valence-electron chi connectivity index (χ3n) is 3.21. The van der Waals surface area contributed by atoms with Crippen LogP contribution in [0.5, 0.6) is 0 Å². The molecule has 6 heteroatoms. The van der Waals surface area contributed by atoms with Gasteiger partial charge in [-0.05, 0) is 26.2 Å². The first-order chi connectivity index (χ1) is 8.15. The minimum atomic E-state index is 0.135. The monoisotopic (exact) mass is 237 g/mol. The number of rotatable bonds is 2. The third kappa shape index (κ3) is 2.07. The summed E-state index contributed by atoms with van der Waals surface area (Å²) in [6, 6.07) is 0. The second-order valence-electron chi connectivity index (χ2n) is 4.44. The molecule has 3 N–H and O–H groups in total. The number of nitrogens with zero attached hydrogens (tertiary/aromatic N) is 4. The van der Waals surface area contributed by atoms with Crippen molar-refractivity contribution in [3.63, 3.8) is 0 Å². The van der Waals surface area contributed by atoms with Gasteiger partial charge in [0.05, 0.1) is 11.3 Å². The quantitative estimate of drug-likeness (QED) is 0.345. The fourth-order valence-electron chi connectivity index (χ4n) is 2.46. The van der Waals surface area contributed by atoms with E-state index in [0.29, 0.717) is 0 Å². The van der Waals surface area contributed by atoms with Crippen LogP contribution in [0.2, 0.25) is 0 Å². The number of oxime groups is 1. The zero-order chi connectivity index (χ0) is 12.4. The van der Waals surface area contributed by atoms with E-state index in [0.717, 1.165) is 30.2 Å². The van der Waals surface area contributed by atoms with E-state index < -0.39 is 0 Å². The molecular weight excluding hydrogens is 218 g/mol. The van der Waals surface area contributed by atoms with Crippen molar-refractivity contribution in [2.75, 3.05) is 18.0 Å². The van der Waals surface area contributed by atoms with Gasteiger partial charge in [-0.25, -0.2) is 0 Å². The van der Waals surface area contributed by atoms with E-state index in [2.05, 4.69) is 15.2 Å². The Balaban J connectivity index is 2.44. The minimum absolute atomic E-state index is 0.135. The molecule has 0 unspecified atom stereocenters. The highest BCUT2D eigenvalue weighted by Crippen LogP contribution is 2.25. The Bertz CT molecular complexity index is 431. The van der Waals surface area contributed by atoms with Crippen molar-refractivity contribution in [1.82, 2.24) is 9.78 Å². The van der Waals surface area contributed by atoms with Crippen LogP contribution in [0.1, 0.15) is 30.5 Å². The van der Waals surface area contributed by atoms with E-state index in [4.69, 9.17) is 10.9 Å². The molecule has 1 aromatic heterocycles. The topological polar surface area (TPSA) is 79.7 Å². The van der Waals surface area contributed by atoms with Gasteiger partial charge in [-0.3, -0.25) is 4.68 Å². The van der Waals surface area contributed by atoms with E-state index in [1.807, 2.05) is 18.7 Å². The van der Waals surface area contributed by atoms with Crippen LogP contribution in [-0.2, 0) is 7.05 Å². The predicted octanol–water partition coefficient (Wildman–Crippen LogP) is 0.813. The summed E-state index contributed by atoms with van der Waals surface area (Å²) in [7, 11) is 1.89. The van der Waals surface area contributed by atoms with Crippen LogP contribution in [0.3, 0.4) is 0 Å². The highest BCUT2D eigenvalue weighted by atomic mass is 16.4. The van der Waals surface area contributed by atoms with Gasteiger partial charge in [-0.2, -0.15) is 5.10 Å². The summed E-state index contributed by atoms with van der Waals surface area (Å²) in [6.07, 6.45) is 3.63. The van der Waals surface area contributed by atoms with Gasteiger partial charge in [0.15, 0.2) is 5.84 Å². The summed E-state index contributed by atoms with van der Waals surface area (Å²) in [4.78, 5) is 2.26. The lowest BCUT2D eigenvalue weighted by Gasteiger charge is -2.29. The van der Waals surface area contributed by atoms with Crippen LogP contribution in [0, 0.1) is 6.92 Å². The predicted molar refractivity (Wildman–Crippen MR) is 66.5 cm³/mol. The number of aryl methyl sites for hydroxylation is 2. The normalized spacial score (nSPS) is 17.5. The van der Waals surface area contributed by atoms with Crippen molar-refractivity contribution in [3.05, 3.63) is 11.3 Å². The molecule has 1 aliphatic heterocycles. The lowest BCUT2D eigenvalue weighted by Crippen LogP contribution is -2.33. The molecule has 1 fully saturated rings. The molecule has 17 heavy (non-hydrogen) atoms. The summed E-state index contributed by atoms with van der Waals surface area (Å²) in [6.45, 7) is 3.89. The Labute approximate surface area is 101 Å². The van der Waals surface area contributed by atoms with Crippen LogP contribution < -0.4 is 10.6 Å². The minimum Gasteiger partial charge on any atom is -0.409 e. The van der Waals surface area contributed by atoms with Crippen LogP contribution >= 0.6 is 0 Å². The Kier molecular flexibility index (Phi) is 3.21. The Morgan fingerprint density at radius 1 is 1.35 bits per heavy atom. The van der Waals surface area contributed by atoms with E-state index >= 15 is 0 Å². The first kappa shape index (κ1) is 11.8. The van der Waals surface area contributed by atoms with Gasteiger partial charge in [-0.15, -0.1) is 0 Å². The average molecular weight is 237 g/mol. The number of piperidine rings is 1. The van der Waals surface area contributed by atoms with E-state index in [1.165, 1.54) is 19.3 Å². The molecule has 0 amide bonds. The molecule has 0 aromatic carbocycles. The van der Waals surface area contributed by atoms with Gasteiger partial charge in [0.25, 0.3) is 0 Å². The molecule has 0 bridgehead atoms. The maximum atomic E-state index is 8.85. The summed E-state index contributed by atoms with van der Waals surface area (Å²) in [5.74, 6) is 1.09. The molecule has 0 radical (unpaired) electrons. The van der Waals surface area contributed by atoms with Crippen LogP contribution in [0.15, 0.2) is 5.16 Å². The number of nitrogens with two attached hydrogens (primary N) is 1. The molecular formula is C11H19N5O. The van der Waals surface area contributed by atoms with Crippen LogP contribution in [0.4, 0.5) is 5.82 Å². The molecule has 94 valence electrons. The molecule has 0 atom stereocenters. The van der Waals surface area contributed by atoms with Crippen molar-refractivity contribution in [3.8, 4) is 0 Å². The van der Waals surface area contributed by atoms with Crippen LogP contribution in [0.25, 0.3) is 0 Å². The largest absolute Gasteiger partial charge is 0.409 e. The lowest BCUT2D eigenvalue weighted by molar-refractivity contribution is 0.318. The molecule has 2 rings (SSSR count). The summed E-state index contributed by atoms with van der Waals surface area (Å²) in [5.41, 5.74) is 7.28.